The van der Waals surface area contributed by atoms with Gasteiger partial charge in [-0.2, -0.15) is 4.80 Å². The van der Waals surface area contributed by atoms with E-state index < -0.39 is 0 Å². The molecule has 1 aliphatic rings. The number of ether oxygens (including phenoxy) is 1. The van der Waals surface area contributed by atoms with Crippen molar-refractivity contribution in [2.24, 2.45) is 0 Å². The number of methoxy groups -OCH3 is 1. The molecule has 0 atom stereocenters. The third kappa shape index (κ3) is 6.20. The maximum absolute atomic E-state index is 13.2. The van der Waals surface area contributed by atoms with E-state index in [1.54, 1.807) is 30.6 Å². The van der Waals surface area contributed by atoms with Crippen LogP contribution >= 0.6 is 22.9 Å². The van der Waals surface area contributed by atoms with E-state index in [0.717, 1.165) is 33.1 Å². The van der Waals surface area contributed by atoms with Gasteiger partial charge in [-0.05, 0) is 84.5 Å². The number of hydrogen-bond acceptors (Lipinski definition) is 7. The van der Waals surface area contributed by atoms with Gasteiger partial charge >= 0.3 is 0 Å². The summed E-state index contributed by atoms with van der Waals surface area (Å²) in [5.41, 5.74) is 5.39. The Labute approximate surface area is 252 Å². The SMILES string of the molecule is COc1ccc(Cn2nnc(-c3cc(C)c(C(=O)Nc4cccc(C#Cc5nc(C6CCC6)cs5)c4)cc3Cl)n2)cc1. The Morgan fingerprint density at radius 1 is 1.14 bits per heavy atom. The van der Waals surface area contributed by atoms with E-state index in [-0.39, 0.29) is 5.91 Å². The highest BCUT2D eigenvalue weighted by Gasteiger charge is 2.21. The van der Waals surface area contributed by atoms with Crippen LogP contribution in [0.15, 0.2) is 66.0 Å². The molecule has 2 aromatic heterocycles. The first-order valence-electron chi connectivity index (χ1n) is 13.6. The average molecular weight is 595 g/mol. The van der Waals surface area contributed by atoms with Crippen LogP contribution < -0.4 is 10.1 Å². The van der Waals surface area contributed by atoms with Crippen molar-refractivity contribution in [3.63, 3.8) is 0 Å². The lowest BCUT2D eigenvalue weighted by Gasteiger charge is -2.22. The van der Waals surface area contributed by atoms with Crippen LogP contribution in [0.2, 0.25) is 5.02 Å². The summed E-state index contributed by atoms with van der Waals surface area (Å²) in [6.45, 7) is 2.30. The molecule has 1 N–H and O–H groups in total. The summed E-state index contributed by atoms with van der Waals surface area (Å²) < 4.78 is 5.21. The number of tetrazole rings is 1. The van der Waals surface area contributed by atoms with Gasteiger partial charge in [0.05, 0.1) is 24.4 Å². The fourth-order valence-corrected chi connectivity index (χ4v) is 5.64. The molecule has 42 heavy (non-hydrogen) atoms. The van der Waals surface area contributed by atoms with Crippen molar-refractivity contribution >= 4 is 34.5 Å². The molecule has 210 valence electrons. The van der Waals surface area contributed by atoms with E-state index in [1.807, 2.05) is 55.5 Å². The number of aryl methyl sites for hydroxylation is 1. The predicted octanol–water partition coefficient (Wildman–Crippen LogP) is 6.73. The summed E-state index contributed by atoms with van der Waals surface area (Å²) in [5.74, 6) is 7.82. The number of anilines is 1. The van der Waals surface area contributed by atoms with E-state index in [1.165, 1.54) is 24.1 Å². The molecule has 0 bridgehead atoms. The number of carbonyl (C=O) groups excluding carboxylic acids is 1. The topological polar surface area (TPSA) is 94.8 Å². The van der Waals surface area contributed by atoms with Crippen LogP contribution in [0.5, 0.6) is 5.75 Å². The zero-order valence-corrected chi connectivity index (χ0v) is 24.7. The van der Waals surface area contributed by atoms with Gasteiger partial charge < -0.3 is 10.1 Å². The summed E-state index contributed by atoms with van der Waals surface area (Å²) in [5, 5.41) is 19.1. The van der Waals surface area contributed by atoms with Gasteiger partial charge in [0, 0.05) is 33.7 Å². The Morgan fingerprint density at radius 2 is 1.98 bits per heavy atom. The second-order valence-corrected chi connectivity index (χ2v) is 11.4. The van der Waals surface area contributed by atoms with E-state index >= 15 is 0 Å². The standard InChI is InChI=1S/C32H27ClN6O2S/c1-20-15-27(31-36-38-39(37-31)18-22-9-12-25(41-2)13-10-22)28(33)17-26(20)32(40)34-24-8-3-5-21(16-24)11-14-30-35-29(19-42-30)23-6-4-7-23/h3,5,8-10,12-13,15-17,19,23H,4,6-7,18H2,1-2H3,(H,34,40). The highest BCUT2D eigenvalue weighted by atomic mass is 35.5. The average Bonchev–Trinajstić information content (AvgIpc) is 3.62. The van der Waals surface area contributed by atoms with Crippen LogP contribution in [0.25, 0.3) is 11.4 Å². The molecule has 2 heterocycles. The Hall–Kier alpha value is -4.52. The van der Waals surface area contributed by atoms with Gasteiger partial charge in [0.15, 0.2) is 5.01 Å². The number of nitrogens with one attached hydrogen (secondary N) is 1. The number of nitrogens with zero attached hydrogens (tertiary/aromatic N) is 5. The minimum atomic E-state index is -0.271. The lowest BCUT2D eigenvalue weighted by atomic mass is 9.83. The number of amides is 1. The first-order chi connectivity index (χ1) is 20.4. The molecule has 1 saturated carbocycles. The van der Waals surface area contributed by atoms with Crippen LogP contribution in [0.4, 0.5) is 5.69 Å². The molecular formula is C32H27ClN6O2S. The lowest BCUT2D eigenvalue weighted by molar-refractivity contribution is 0.102. The molecule has 1 amide bonds. The minimum absolute atomic E-state index is 0.271. The smallest absolute Gasteiger partial charge is 0.255 e. The van der Waals surface area contributed by atoms with Gasteiger partial charge in [-0.3, -0.25) is 4.79 Å². The second-order valence-electron chi connectivity index (χ2n) is 10.1. The van der Waals surface area contributed by atoms with Crippen molar-refractivity contribution in [2.45, 2.75) is 38.6 Å². The number of rotatable bonds is 7. The summed E-state index contributed by atoms with van der Waals surface area (Å²) in [6, 6.07) is 18.6. The summed E-state index contributed by atoms with van der Waals surface area (Å²) in [6.07, 6.45) is 3.72. The highest BCUT2D eigenvalue weighted by molar-refractivity contribution is 7.10. The molecule has 3 aromatic carbocycles. The van der Waals surface area contributed by atoms with Crippen LogP contribution in [0, 0.1) is 18.8 Å². The van der Waals surface area contributed by atoms with E-state index in [2.05, 4.69) is 42.9 Å². The van der Waals surface area contributed by atoms with Gasteiger partial charge in [-0.1, -0.05) is 42.1 Å². The van der Waals surface area contributed by atoms with Crippen molar-refractivity contribution in [1.82, 2.24) is 25.2 Å². The molecule has 10 heteroatoms. The molecule has 6 rings (SSSR count). The monoisotopic (exact) mass is 594 g/mol. The molecular weight excluding hydrogens is 568 g/mol. The van der Waals surface area contributed by atoms with Gasteiger partial charge in [-0.25, -0.2) is 4.98 Å². The first kappa shape index (κ1) is 27.6. The Morgan fingerprint density at radius 3 is 2.74 bits per heavy atom. The van der Waals surface area contributed by atoms with Crippen LogP contribution in [0.1, 0.15) is 62.9 Å². The minimum Gasteiger partial charge on any atom is -0.497 e. The van der Waals surface area contributed by atoms with E-state index in [4.69, 9.17) is 16.3 Å². The maximum atomic E-state index is 13.2. The third-order valence-electron chi connectivity index (χ3n) is 7.22. The second kappa shape index (κ2) is 12.1. The predicted molar refractivity (Wildman–Crippen MR) is 164 cm³/mol. The van der Waals surface area contributed by atoms with Crippen LogP contribution in [-0.2, 0) is 6.54 Å². The Bertz CT molecular complexity index is 1810. The van der Waals surface area contributed by atoms with Crippen LogP contribution in [-0.4, -0.2) is 38.2 Å². The molecule has 8 nitrogen and oxygen atoms in total. The normalized spacial score (nSPS) is 12.7. The molecule has 0 spiro atoms. The number of carbonyl (C=O) groups is 1. The fourth-order valence-electron chi connectivity index (χ4n) is 4.64. The van der Waals surface area contributed by atoms with E-state index in [0.29, 0.717) is 40.1 Å². The van der Waals surface area contributed by atoms with Crippen molar-refractivity contribution in [3.05, 3.63) is 104 Å². The molecule has 0 unspecified atom stereocenters. The molecule has 0 aliphatic heterocycles. The van der Waals surface area contributed by atoms with Crippen molar-refractivity contribution in [1.29, 1.82) is 0 Å². The number of halogens is 1. The lowest BCUT2D eigenvalue weighted by Crippen LogP contribution is -2.13. The number of benzene rings is 3. The van der Waals surface area contributed by atoms with Crippen molar-refractivity contribution < 1.29 is 9.53 Å². The maximum Gasteiger partial charge on any atom is 0.255 e. The van der Waals surface area contributed by atoms with Crippen molar-refractivity contribution in [2.75, 3.05) is 12.4 Å². The zero-order valence-electron chi connectivity index (χ0n) is 23.1. The third-order valence-corrected chi connectivity index (χ3v) is 8.30. The first-order valence-corrected chi connectivity index (χ1v) is 14.8. The van der Waals surface area contributed by atoms with E-state index in [9.17, 15) is 4.79 Å². The molecule has 5 aromatic rings. The highest BCUT2D eigenvalue weighted by Crippen LogP contribution is 2.36. The Kier molecular flexibility index (Phi) is 8.00. The summed E-state index contributed by atoms with van der Waals surface area (Å²) in [7, 11) is 1.63. The largest absolute Gasteiger partial charge is 0.497 e. The number of thiazole rings is 1. The number of aromatic nitrogens is 5. The zero-order chi connectivity index (χ0) is 29.1. The quantitative estimate of drug-likeness (QED) is 0.210. The van der Waals surface area contributed by atoms with Crippen LogP contribution in [0.3, 0.4) is 0 Å². The Balaban J connectivity index is 1.13. The van der Waals surface area contributed by atoms with Gasteiger partial charge in [0.1, 0.15) is 5.75 Å². The molecule has 1 fully saturated rings. The van der Waals surface area contributed by atoms with Gasteiger partial charge in [0.25, 0.3) is 5.91 Å². The molecule has 0 saturated heterocycles. The van der Waals surface area contributed by atoms with Crippen molar-refractivity contribution in [3.8, 4) is 29.0 Å². The molecule has 1 aliphatic carbocycles. The fraction of sp³-hybridized carbons (Fsp3) is 0.219. The van der Waals surface area contributed by atoms with Gasteiger partial charge in [-0.15, -0.1) is 21.5 Å². The summed E-state index contributed by atoms with van der Waals surface area (Å²) >= 11 is 8.19. The number of hydrogen-bond donors (Lipinski definition) is 1. The van der Waals surface area contributed by atoms with Gasteiger partial charge in [0.2, 0.25) is 5.82 Å². The molecule has 0 radical (unpaired) electrons. The summed E-state index contributed by atoms with van der Waals surface area (Å²) in [4.78, 5) is 19.4.